The summed E-state index contributed by atoms with van der Waals surface area (Å²) in [6.45, 7) is 4.66. The molecule has 2 aliphatic carbocycles. The predicted octanol–water partition coefficient (Wildman–Crippen LogP) is 3.29. The first kappa shape index (κ1) is 23.4. The first-order valence-electron chi connectivity index (χ1n) is 10.7. The molecular formula is C24H32N2O4. The highest BCUT2D eigenvalue weighted by Crippen LogP contribution is 2.37. The topological polar surface area (TPSA) is 84.5 Å². The Bertz CT molecular complexity index is 774. The van der Waals surface area contributed by atoms with Gasteiger partial charge in [0.15, 0.2) is 0 Å². The number of amides is 1. The van der Waals surface area contributed by atoms with Gasteiger partial charge in [0.25, 0.3) is 5.91 Å². The van der Waals surface area contributed by atoms with Gasteiger partial charge in [-0.1, -0.05) is 38.0 Å². The molecule has 0 heterocycles. The summed E-state index contributed by atoms with van der Waals surface area (Å²) in [4.78, 5) is 34.9. The lowest BCUT2D eigenvalue weighted by Gasteiger charge is -2.28. The van der Waals surface area contributed by atoms with Crippen LogP contribution < -0.4 is 10.6 Å². The van der Waals surface area contributed by atoms with Gasteiger partial charge in [-0.3, -0.25) is 9.59 Å². The molecular weight excluding hydrogens is 380 g/mol. The lowest BCUT2D eigenvalue weighted by Crippen LogP contribution is -2.30. The molecule has 0 bridgehead atoms. The van der Waals surface area contributed by atoms with Gasteiger partial charge in [-0.05, 0) is 43.4 Å². The van der Waals surface area contributed by atoms with E-state index in [0.29, 0.717) is 17.8 Å². The Kier molecular flexibility index (Phi) is 9.84. The second kappa shape index (κ2) is 12.6. The third-order valence-electron chi connectivity index (χ3n) is 5.33. The van der Waals surface area contributed by atoms with Crippen LogP contribution in [0.2, 0.25) is 0 Å². The van der Waals surface area contributed by atoms with E-state index in [1.165, 1.54) is 6.08 Å². The van der Waals surface area contributed by atoms with Crippen LogP contribution in [0.1, 0.15) is 44.9 Å². The van der Waals surface area contributed by atoms with E-state index in [-0.39, 0.29) is 17.8 Å². The second-order valence-corrected chi connectivity index (χ2v) is 7.37. The van der Waals surface area contributed by atoms with Crippen LogP contribution in [-0.4, -0.2) is 38.4 Å². The van der Waals surface area contributed by atoms with Crippen LogP contribution in [0.4, 0.5) is 0 Å². The van der Waals surface area contributed by atoms with Crippen molar-refractivity contribution >= 4 is 18.2 Å². The molecule has 2 N–H and O–H groups in total. The van der Waals surface area contributed by atoms with E-state index in [0.717, 1.165) is 69.0 Å². The number of rotatable bonds is 12. The largest absolute Gasteiger partial charge is 0.463 e. The van der Waals surface area contributed by atoms with Crippen molar-refractivity contribution < 1.29 is 19.1 Å². The average molecular weight is 413 g/mol. The highest BCUT2D eigenvalue weighted by molar-refractivity contribution is 6.01. The van der Waals surface area contributed by atoms with Crippen LogP contribution >= 0.6 is 0 Å². The number of likely N-dealkylation sites (N-methyl/N-ethyl adjacent to an activating group) is 1. The lowest BCUT2D eigenvalue weighted by atomic mass is 9.80. The molecule has 1 atom stereocenters. The van der Waals surface area contributed by atoms with E-state index in [9.17, 15) is 14.4 Å². The molecule has 0 fully saturated rings. The summed E-state index contributed by atoms with van der Waals surface area (Å²) >= 11 is 0. The molecule has 0 radical (unpaired) electrons. The maximum absolute atomic E-state index is 12.3. The van der Waals surface area contributed by atoms with Crippen LogP contribution in [0, 0.1) is 5.92 Å². The molecule has 0 saturated heterocycles. The summed E-state index contributed by atoms with van der Waals surface area (Å²) < 4.78 is 4.97. The van der Waals surface area contributed by atoms with E-state index in [1.807, 2.05) is 18.2 Å². The molecule has 30 heavy (non-hydrogen) atoms. The van der Waals surface area contributed by atoms with Crippen molar-refractivity contribution in [3.63, 3.8) is 0 Å². The van der Waals surface area contributed by atoms with Crippen molar-refractivity contribution in [2.24, 2.45) is 5.92 Å². The maximum atomic E-state index is 12.3. The molecule has 0 aromatic rings. The van der Waals surface area contributed by atoms with Gasteiger partial charge in [-0.2, -0.15) is 0 Å². The maximum Gasteiger partial charge on any atom is 0.330 e. The third kappa shape index (κ3) is 6.58. The lowest BCUT2D eigenvalue weighted by molar-refractivity contribution is -0.137. The summed E-state index contributed by atoms with van der Waals surface area (Å²) in [5, 5.41) is 6.20. The van der Waals surface area contributed by atoms with Crippen LogP contribution in [0.5, 0.6) is 0 Å². The number of hydrogen-bond acceptors (Lipinski definition) is 5. The zero-order chi connectivity index (χ0) is 21.8. The standard InChI is InChI=1S/C24H32N2O4/c1-3-22(28)30-16-10-6-4-5-9-15-26-21-14-13-20(24(29)25-2)23-18(17-27)11-7-8-12-19(21)23/h3,7,11,13-14,17,19,26H,1,4-6,8-10,12,15-16H2,2H3,(H,25,29). The van der Waals surface area contributed by atoms with Gasteiger partial charge in [-0.15, -0.1) is 0 Å². The third-order valence-corrected chi connectivity index (χ3v) is 5.33. The number of ether oxygens (including phenoxy) is 1. The van der Waals surface area contributed by atoms with Crippen molar-refractivity contribution in [3.8, 4) is 0 Å². The van der Waals surface area contributed by atoms with Crippen LogP contribution in [0.3, 0.4) is 0 Å². The van der Waals surface area contributed by atoms with Gasteiger partial charge in [0.2, 0.25) is 0 Å². The smallest absolute Gasteiger partial charge is 0.330 e. The van der Waals surface area contributed by atoms with Gasteiger partial charge in [0, 0.05) is 42.4 Å². The molecule has 6 nitrogen and oxygen atoms in total. The van der Waals surface area contributed by atoms with Gasteiger partial charge in [0.05, 0.1) is 6.61 Å². The summed E-state index contributed by atoms with van der Waals surface area (Å²) in [7, 11) is 1.60. The fraction of sp³-hybridized carbons (Fsp3) is 0.458. The number of fused-ring (bicyclic) bond motifs is 1. The minimum atomic E-state index is -0.367. The van der Waals surface area contributed by atoms with Gasteiger partial charge < -0.3 is 15.4 Å². The van der Waals surface area contributed by atoms with Crippen LogP contribution in [-0.2, 0) is 19.1 Å². The Morgan fingerprint density at radius 1 is 1.20 bits per heavy atom. The first-order chi connectivity index (χ1) is 14.6. The Balaban J connectivity index is 1.86. The van der Waals surface area contributed by atoms with Crippen molar-refractivity contribution in [2.45, 2.75) is 44.9 Å². The zero-order valence-electron chi connectivity index (χ0n) is 17.7. The molecule has 1 unspecified atom stereocenters. The molecule has 1 amide bonds. The van der Waals surface area contributed by atoms with E-state index in [1.54, 1.807) is 13.1 Å². The minimum absolute atomic E-state index is 0.0250. The van der Waals surface area contributed by atoms with Crippen molar-refractivity contribution in [2.75, 3.05) is 20.2 Å². The summed E-state index contributed by atoms with van der Waals surface area (Å²) in [6, 6.07) is 0. The number of unbranched alkanes of at least 4 members (excludes halogenated alkanes) is 4. The normalized spacial score (nSPS) is 17.8. The van der Waals surface area contributed by atoms with Crippen molar-refractivity contribution in [1.29, 1.82) is 0 Å². The van der Waals surface area contributed by atoms with E-state index < -0.39 is 0 Å². The molecule has 2 rings (SSSR count). The summed E-state index contributed by atoms with van der Waals surface area (Å²) in [6.07, 6.45) is 16.4. The Labute approximate surface area is 178 Å². The molecule has 0 saturated carbocycles. The molecule has 2 aliphatic rings. The highest BCUT2D eigenvalue weighted by atomic mass is 16.5. The molecule has 0 aromatic heterocycles. The number of carbonyl (C=O) groups excluding carboxylic acids is 3. The fourth-order valence-electron chi connectivity index (χ4n) is 3.78. The predicted molar refractivity (Wildman–Crippen MR) is 117 cm³/mol. The number of nitrogens with one attached hydrogen (secondary N) is 2. The SMILES string of the molecule is C=CC(=O)OCCCCCCCNC1=CC=C(C(=O)NC)C2=C(C=O)C=CCCC12. The number of allylic oxidation sites excluding steroid dienone is 6. The first-order valence-corrected chi connectivity index (χ1v) is 10.7. The zero-order valence-corrected chi connectivity index (χ0v) is 17.7. The quantitative estimate of drug-likeness (QED) is 0.222. The monoisotopic (exact) mass is 412 g/mol. The summed E-state index contributed by atoms with van der Waals surface area (Å²) in [5.41, 5.74) is 3.03. The second-order valence-electron chi connectivity index (χ2n) is 7.37. The van der Waals surface area contributed by atoms with Crippen LogP contribution in [0.25, 0.3) is 0 Å². The highest BCUT2D eigenvalue weighted by Gasteiger charge is 2.30. The van der Waals surface area contributed by atoms with E-state index in [2.05, 4.69) is 17.2 Å². The molecule has 0 aromatic carbocycles. The summed E-state index contributed by atoms with van der Waals surface area (Å²) in [5.74, 6) is -0.510. The molecule has 6 heteroatoms. The van der Waals surface area contributed by atoms with Crippen LogP contribution in [0.15, 0.2) is 59.4 Å². The average Bonchev–Trinajstić information content (AvgIpc) is 2.99. The molecule has 162 valence electrons. The van der Waals surface area contributed by atoms with E-state index >= 15 is 0 Å². The number of aldehydes is 1. The Morgan fingerprint density at radius 3 is 2.70 bits per heavy atom. The molecule has 0 spiro atoms. The van der Waals surface area contributed by atoms with E-state index in [4.69, 9.17) is 4.74 Å². The molecule has 0 aliphatic heterocycles. The number of hydrogen-bond donors (Lipinski definition) is 2. The number of esters is 1. The Hall–Kier alpha value is -2.89. The van der Waals surface area contributed by atoms with Gasteiger partial charge in [0.1, 0.15) is 6.29 Å². The van der Waals surface area contributed by atoms with Gasteiger partial charge >= 0.3 is 5.97 Å². The Morgan fingerprint density at radius 2 is 1.97 bits per heavy atom. The minimum Gasteiger partial charge on any atom is -0.463 e. The van der Waals surface area contributed by atoms with Crippen molar-refractivity contribution in [1.82, 2.24) is 10.6 Å². The van der Waals surface area contributed by atoms with Gasteiger partial charge in [-0.25, -0.2) is 4.79 Å². The fourth-order valence-corrected chi connectivity index (χ4v) is 3.78. The van der Waals surface area contributed by atoms with Crippen molar-refractivity contribution in [3.05, 3.63) is 59.4 Å². The number of carbonyl (C=O) groups is 3.